The first-order chi connectivity index (χ1) is 9.61. The highest BCUT2D eigenvalue weighted by atomic mass is 35.5. The molecule has 0 aliphatic rings. The molecule has 0 saturated heterocycles. The summed E-state index contributed by atoms with van der Waals surface area (Å²) in [5.41, 5.74) is 1.28. The fourth-order valence-corrected chi connectivity index (χ4v) is 2.27. The van der Waals surface area contributed by atoms with Gasteiger partial charge in [-0.15, -0.1) is 0 Å². The minimum atomic E-state index is -0.339. The number of nitrogens with one attached hydrogen (secondary N) is 1. The molecule has 4 heteroatoms. The first-order valence-electron chi connectivity index (χ1n) is 6.55. The van der Waals surface area contributed by atoms with E-state index in [1.165, 1.54) is 24.3 Å². The van der Waals surface area contributed by atoms with Crippen molar-refractivity contribution in [3.8, 4) is 0 Å². The first-order valence-corrected chi connectivity index (χ1v) is 6.93. The topological polar surface area (TPSA) is 12.0 Å². The van der Waals surface area contributed by atoms with Crippen LogP contribution in [0.25, 0.3) is 0 Å². The summed E-state index contributed by atoms with van der Waals surface area (Å²) in [6.45, 7) is 2.76. The highest BCUT2D eigenvalue weighted by molar-refractivity contribution is 6.30. The van der Waals surface area contributed by atoms with Crippen molar-refractivity contribution in [2.24, 2.45) is 0 Å². The average molecular weight is 296 g/mol. The molecule has 1 unspecified atom stereocenters. The van der Waals surface area contributed by atoms with Crippen molar-refractivity contribution in [3.05, 3.63) is 70.2 Å². The van der Waals surface area contributed by atoms with E-state index in [-0.39, 0.29) is 17.7 Å². The zero-order valence-electron chi connectivity index (χ0n) is 11.2. The first kappa shape index (κ1) is 14.9. The van der Waals surface area contributed by atoms with Crippen LogP contribution in [0.5, 0.6) is 0 Å². The Labute approximate surface area is 122 Å². The normalized spacial score (nSPS) is 12.4. The Bertz CT molecular complexity index is 569. The molecule has 1 N–H and O–H groups in total. The van der Waals surface area contributed by atoms with E-state index in [1.807, 2.05) is 6.92 Å². The molecular weight excluding hydrogens is 280 g/mol. The van der Waals surface area contributed by atoms with Gasteiger partial charge in [0.15, 0.2) is 0 Å². The van der Waals surface area contributed by atoms with E-state index in [2.05, 4.69) is 5.32 Å². The van der Waals surface area contributed by atoms with Gasteiger partial charge in [-0.05, 0) is 48.9 Å². The Hall–Kier alpha value is -1.45. The zero-order chi connectivity index (χ0) is 14.5. The van der Waals surface area contributed by atoms with Gasteiger partial charge in [0, 0.05) is 10.6 Å². The van der Waals surface area contributed by atoms with Gasteiger partial charge in [0.2, 0.25) is 0 Å². The SMILES string of the molecule is CCCNC(c1ccc(F)cc1)c1cc(Cl)ccc1F. The summed E-state index contributed by atoms with van der Waals surface area (Å²) in [6, 6.07) is 10.2. The maximum absolute atomic E-state index is 14.0. The highest BCUT2D eigenvalue weighted by Gasteiger charge is 2.17. The predicted molar refractivity (Wildman–Crippen MR) is 77.9 cm³/mol. The van der Waals surface area contributed by atoms with Crippen molar-refractivity contribution in [2.45, 2.75) is 19.4 Å². The molecule has 0 radical (unpaired) electrons. The lowest BCUT2D eigenvalue weighted by atomic mass is 9.98. The Balaban J connectivity index is 2.41. The van der Waals surface area contributed by atoms with Gasteiger partial charge >= 0.3 is 0 Å². The molecule has 106 valence electrons. The molecule has 0 bridgehead atoms. The molecule has 2 aromatic carbocycles. The van der Waals surface area contributed by atoms with Crippen LogP contribution in [0, 0.1) is 11.6 Å². The van der Waals surface area contributed by atoms with Gasteiger partial charge < -0.3 is 5.32 Å². The maximum atomic E-state index is 14.0. The highest BCUT2D eigenvalue weighted by Crippen LogP contribution is 2.27. The molecule has 0 aromatic heterocycles. The Morgan fingerprint density at radius 2 is 1.80 bits per heavy atom. The Morgan fingerprint density at radius 3 is 2.45 bits per heavy atom. The molecule has 1 nitrogen and oxygen atoms in total. The van der Waals surface area contributed by atoms with Crippen LogP contribution < -0.4 is 5.32 Å². The van der Waals surface area contributed by atoms with Crippen LogP contribution in [0.1, 0.15) is 30.5 Å². The number of rotatable bonds is 5. The van der Waals surface area contributed by atoms with Gasteiger partial charge in [0.25, 0.3) is 0 Å². The lowest BCUT2D eigenvalue weighted by molar-refractivity contribution is 0.545. The minimum absolute atomic E-state index is 0.311. The quantitative estimate of drug-likeness (QED) is 0.842. The predicted octanol–water partition coefficient (Wildman–Crippen LogP) is 4.71. The van der Waals surface area contributed by atoms with E-state index >= 15 is 0 Å². The van der Waals surface area contributed by atoms with Crippen LogP contribution in [0.15, 0.2) is 42.5 Å². The van der Waals surface area contributed by atoms with Crippen molar-refractivity contribution in [1.82, 2.24) is 5.32 Å². The van der Waals surface area contributed by atoms with Crippen LogP contribution in [0.4, 0.5) is 8.78 Å². The summed E-state index contributed by atoms with van der Waals surface area (Å²) in [5, 5.41) is 3.75. The number of halogens is 3. The molecule has 0 saturated carbocycles. The van der Waals surface area contributed by atoms with Crippen molar-refractivity contribution in [1.29, 1.82) is 0 Å². The second-order valence-electron chi connectivity index (χ2n) is 4.60. The van der Waals surface area contributed by atoms with Crippen LogP contribution in [0.3, 0.4) is 0 Å². The van der Waals surface area contributed by atoms with Crippen LogP contribution in [0.2, 0.25) is 5.02 Å². The summed E-state index contributed by atoms with van der Waals surface area (Å²) in [6.07, 6.45) is 0.917. The largest absolute Gasteiger partial charge is 0.306 e. The van der Waals surface area contributed by atoms with E-state index in [4.69, 9.17) is 11.6 Å². The summed E-state index contributed by atoms with van der Waals surface area (Å²) in [5.74, 6) is -0.637. The number of benzene rings is 2. The zero-order valence-corrected chi connectivity index (χ0v) is 11.9. The van der Waals surface area contributed by atoms with Crippen LogP contribution in [-0.2, 0) is 0 Å². The Morgan fingerprint density at radius 1 is 1.10 bits per heavy atom. The summed E-state index contributed by atoms with van der Waals surface area (Å²) < 4.78 is 27.1. The molecule has 20 heavy (non-hydrogen) atoms. The lowest BCUT2D eigenvalue weighted by Crippen LogP contribution is -2.24. The van der Waals surface area contributed by atoms with E-state index in [1.54, 1.807) is 18.2 Å². The van der Waals surface area contributed by atoms with Crippen LogP contribution >= 0.6 is 11.6 Å². The average Bonchev–Trinajstić information content (AvgIpc) is 2.44. The summed E-state index contributed by atoms with van der Waals surface area (Å²) in [7, 11) is 0. The van der Waals surface area contributed by atoms with Crippen molar-refractivity contribution in [3.63, 3.8) is 0 Å². The van der Waals surface area contributed by atoms with Gasteiger partial charge in [-0.3, -0.25) is 0 Å². The molecule has 0 fully saturated rings. The molecule has 2 rings (SSSR count). The van der Waals surface area contributed by atoms with Crippen molar-refractivity contribution >= 4 is 11.6 Å². The minimum Gasteiger partial charge on any atom is -0.306 e. The van der Waals surface area contributed by atoms with E-state index in [0.29, 0.717) is 10.6 Å². The number of hydrogen-bond acceptors (Lipinski definition) is 1. The van der Waals surface area contributed by atoms with E-state index in [9.17, 15) is 8.78 Å². The van der Waals surface area contributed by atoms with Gasteiger partial charge in [0.1, 0.15) is 11.6 Å². The monoisotopic (exact) mass is 295 g/mol. The van der Waals surface area contributed by atoms with Crippen molar-refractivity contribution < 1.29 is 8.78 Å². The third-order valence-electron chi connectivity index (χ3n) is 3.07. The van der Waals surface area contributed by atoms with E-state index in [0.717, 1.165) is 18.5 Å². The van der Waals surface area contributed by atoms with Crippen LogP contribution in [-0.4, -0.2) is 6.54 Å². The molecule has 0 aliphatic carbocycles. The lowest BCUT2D eigenvalue weighted by Gasteiger charge is -2.20. The summed E-state index contributed by atoms with van der Waals surface area (Å²) in [4.78, 5) is 0. The maximum Gasteiger partial charge on any atom is 0.128 e. The second-order valence-corrected chi connectivity index (χ2v) is 5.04. The molecule has 1 atom stereocenters. The second kappa shape index (κ2) is 6.82. The summed E-state index contributed by atoms with van der Waals surface area (Å²) >= 11 is 5.95. The molecule has 2 aromatic rings. The Kier molecular flexibility index (Phi) is 5.10. The molecule has 0 heterocycles. The standard InChI is InChI=1S/C16H16ClF2N/c1-2-9-20-16(11-3-6-13(18)7-4-11)14-10-12(17)5-8-15(14)19/h3-8,10,16,20H,2,9H2,1H3. The third-order valence-corrected chi connectivity index (χ3v) is 3.31. The van der Waals surface area contributed by atoms with Crippen molar-refractivity contribution in [2.75, 3.05) is 6.54 Å². The fourth-order valence-electron chi connectivity index (χ4n) is 2.09. The molecule has 0 amide bonds. The van der Waals surface area contributed by atoms with Gasteiger partial charge in [-0.1, -0.05) is 30.7 Å². The molecule has 0 aliphatic heterocycles. The van der Waals surface area contributed by atoms with Gasteiger partial charge in [0.05, 0.1) is 6.04 Å². The number of hydrogen-bond donors (Lipinski definition) is 1. The smallest absolute Gasteiger partial charge is 0.128 e. The van der Waals surface area contributed by atoms with E-state index < -0.39 is 0 Å². The molecular formula is C16H16ClF2N. The third kappa shape index (κ3) is 3.56. The molecule has 0 spiro atoms. The fraction of sp³-hybridized carbons (Fsp3) is 0.250. The van der Waals surface area contributed by atoms with Gasteiger partial charge in [-0.2, -0.15) is 0 Å². The van der Waals surface area contributed by atoms with Gasteiger partial charge in [-0.25, -0.2) is 8.78 Å².